The minimum Gasteiger partial charge on any atom is -0.466 e. The van der Waals surface area contributed by atoms with Crippen LogP contribution in [0.2, 0.25) is 0 Å². The molecule has 1 aliphatic heterocycles. The number of hydrogen-bond acceptors (Lipinski definition) is 5. The normalized spacial score (nSPS) is 29.0. The second-order valence-corrected chi connectivity index (χ2v) is 4.53. The molecule has 0 saturated carbocycles. The Balaban J connectivity index is 2.27. The molecule has 2 unspecified atom stereocenters. The largest absolute Gasteiger partial charge is 0.466 e. The maximum absolute atomic E-state index is 11.3. The summed E-state index contributed by atoms with van der Waals surface area (Å²) in [6, 6.07) is 0. The Morgan fingerprint density at radius 2 is 2.35 bits per heavy atom. The summed E-state index contributed by atoms with van der Waals surface area (Å²) in [6.07, 6.45) is 1.48. The van der Waals surface area contributed by atoms with E-state index in [-0.39, 0.29) is 30.7 Å². The number of ether oxygens (including phenoxy) is 3. The lowest BCUT2D eigenvalue weighted by atomic mass is 9.99. The zero-order valence-corrected chi connectivity index (χ0v) is 10.6. The first kappa shape index (κ1) is 14.4. The van der Waals surface area contributed by atoms with E-state index in [0.717, 1.165) is 6.42 Å². The summed E-state index contributed by atoms with van der Waals surface area (Å²) < 4.78 is 16.2. The monoisotopic (exact) mass is 246 g/mol. The molecule has 0 bridgehead atoms. The molecule has 0 aromatic rings. The molecule has 17 heavy (non-hydrogen) atoms. The van der Waals surface area contributed by atoms with Gasteiger partial charge in [0.2, 0.25) is 0 Å². The molecule has 0 amide bonds. The molecular formula is C12H22O5. The highest BCUT2D eigenvalue weighted by Gasteiger charge is 2.33. The van der Waals surface area contributed by atoms with Gasteiger partial charge >= 0.3 is 5.97 Å². The third-order valence-electron chi connectivity index (χ3n) is 2.81. The summed E-state index contributed by atoms with van der Waals surface area (Å²) in [6.45, 7) is 5.15. The molecule has 0 aromatic heterocycles. The topological polar surface area (TPSA) is 65.0 Å². The molecule has 0 spiro atoms. The molecule has 0 aliphatic carbocycles. The van der Waals surface area contributed by atoms with Gasteiger partial charge < -0.3 is 19.3 Å². The molecule has 5 nitrogen and oxygen atoms in total. The Bertz CT molecular complexity index is 233. The minimum absolute atomic E-state index is 0.158. The summed E-state index contributed by atoms with van der Waals surface area (Å²) in [5, 5.41) is 8.78. The van der Waals surface area contributed by atoms with Crippen LogP contribution in [0.5, 0.6) is 0 Å². The van der Waals surface area contributed by atoms with Gasteiger partial charge in [-0.15, -0.1) is 0 Å². The van der Waals surface area contributed by atoms with Gasteiger partial charge in [0.1, 0.15) is 0 Å². The maximum atomic E-state index is 11.3. The number of rotatable bonds is 6. The fourth-order valence-corrected chi connectivity index (χ4v) is 1.80. The first-order valence-electron chi connectivity index (χ1n) is 6.11. The van der Waals surface area contributed by atoms with Crippen LogP contribution in [0.4, 0.5) is 0 Å². The summed E-state index contributed by atoms with van der Waals surface area (Å²) in [5.74, 6) is -0.250. The molecule has 5 heteroatoms. The molecule has 0 aromatic carbocycles. The van der Waals surface area contributed by atoms with Gasteiger partial charge in [-0.05, 0) is 26.7 Å². The Morgan fingerprint density at radius 3 is 2.88 bits per heavy atom. The predicted molar refractivity (Wildman–Crippen MR) is 61.7 cm³/mol. The molecule has 100 valence electrons. The molecule has 0 radical (unpaired) electrons. The van der Waals surface area contributed by atoms with Crippen molar-refractivity contribution in [1.29, 1.82) is 0 Å². The summed E-state index contributed by atoms with van der Waals surface area (Å²) in [7, 11) is 0. The van der Waals surface area contributed by atoms with Gasteiger partial charge in [0.15, 0.2) is 0 Å². The third kappa shape index (κ3) is 5.02. The Labute approximate surface area is 102 Å². The predicted octanol–water partition coefficient (Wildman–Crippen LogP) is 0.886. The number of carbonyl (C=O) groups is 1. The smallest absolute Gasteiger partial charge is 0.308 e. The van der Waals surface area contributed by atoms with Crippen molar-refractivity contribution in [1.82, 2.24) is 0 Å². The van der Waals surface area contributed by atoms with Crippen LogP contribution in [0, 0.1) is 0 Å². The van der Waals surface area contributed by atoms with Gasteiger partial charge in [-0.2, -0.15) is 0 Å². The van der Waals surface area contributed by atoms with Gasteiger partial charge in [0.05, 0.1) is 37.9 Å². The lowest BCUT2D eigenvalue weighted by Crippen LogP contribution is -2.45. The van der Waals surface area contributed by atoms with Crippen LogP contribution < -0.4 is 0 Å². The summed E-state index contributed by atoms with van der Waals surface area (Å²) in [4.78, 5) is 11.3. The zero-order chi connectivity index (χ0) is 12.7. The van der Waals surface area contributed by atoms with Crippen molar-refractivity contribution in [2.45, 2.75) is 44.8 Å². The van der Waals surface area contributed by atoms with Crippen LogP contribution in [0.15, 0.2) is 0 Å². The highest BCUT2D eigenvalue weighted by Crippen LogP contribution is 2.24. The van der Waals surface area contributed by atoms with Crippen LogP contribution >= 0.6 is 0 Å². The average molecular weight is 246 g/mol. The highest BCUT2D eigenvalue weighted by molar-refractivity contribution is 5.69. The summed E-state index contributed by atoms with van der Waals surface area (Å²) >= 11 is 0. The van der Waals surface area contributed by atoms with Gasteiger partial charge in [0.25, 0.3) is 0 Å². The van der Waals surface area contributed by atoms with Crippen molar-refractivity contribution in [2.24, 2.45) is 0 Å². The average Bonchev–Trinajstić information content (AvgIpc) is 2.30. The van der Waals surface area contributed by atoms with Crippen molar-refractivity contribution < 1.29 is 24.1 Å². The minimum atomic E-state index is -0.339. The number of carbonyl (C=O) groups excluding carboxylic acids is 1. The van der Waals surface area contributed by atoms with Crippen LogP contribution in [-0.4, -0.2) is 49.2 Å². The SMILES string of the molecule is CCOC(=O)CC1COC(C)(CCCO)CO1. The van der Waals surface area contributed by atoms with E-state index < -0.39 is 0 Å². The van der Waals surface area contributed by atoms with E-state index in [9.17, 15) is 4.79 Å². The third-order valence-corrected chi connectivity index (χ3v) is 2.81. The number of aliphatic hydroxyl groups is 1. The lowest BCUT2D eigenvalue weighted by Gasteiger charge is -2.37. The van der Waals surface area contributed by atoms with Crippen molar-refractivity contribution in [2.75, 3.05) is 26.4 Å². The van der Waals surface area contributed by atoms with Crippen LogP contribution in [-0.2, 0) is 19.0 Å². The van der Waals surface area contributed by atoms with E-state index >= 15 is 0 Å². The standard InChI is InChI=1S/C12H22O5/c1-3-15-11(14)7-10-8-17-12(2,9-16-10)5-4-6-13/h10,13H,3-9H2,1-2H3. The van der Waals surface area contributed by atoms with E-state index in [0.29, 0.717) is 26.2 Å². The van der Waals surface area contributed by atoms with Crippen LogP contribution in [0.1, 0.15) is 33.1 Å². The molecule has 1 heterocycles. The van der Waals surface area contributed by atoms with Crippen molar-refractivity contribution in [3.05, 3.63) is 0 Å². The molecule has 1 fully saturated rings. The first-order valence-corrected chi connectivity index (χ1v) is 6.11. The number of aliphatic hydroxyl groups excluding tert-OH is 1. The van der Waals surface area contributed by atoms with Gasteiger partial charge in [-0.25, -0.2) is 0 Å². The Hall–Kier alpha value is -0.650. The van der Waals surface area contributed by atoms with E-state index in [2.05, 4.69) is 0 Å². The van der Waals surface area contributed by atoms with Crippen molar-refractivity contribution >= 4 is 5.97 Å². The molecular weight excluding hydrogens is 224 g/mol. The Morgan fingerprint density at radius 1 is 1.59 bits per heavy atom. The second-order valence-electron chi connectivity index (χ2n) is 4.53. The molecule has 1 saturated heterocycles. The van der Waals surface area contributed by atoms with Crippen molar-refractivity contribution in [3.8, 4) is 0 Å². The molecule has 2 atom stereocenters. The van der Waals surface area contributed by atoms with Crippen molar-refractivity contribution in [3.63, 3.8) is 0 Å². The van der Waals surface area contributed by atoms with Crippen LogP contribution in [0.3, 0.4) is 0 Å². The number of hydrogen-bond donors (Lipinski definition) is 1. The molecule has 1 rings (SSSR count). The van der Waals surface area contributed by atoms with Gasteiger partial charge in [0, 0.05) is 6.61 Å². The highest BCUT2D eigenvalue weighted by atomic mass is 16.6. The zero-order valence-electron chi connectivity index (χ0n) is 10.6. The first-order chi connectivity index (χ1) is 8.09. The van der Waals surface area contributed by atoms with Gasteiger partial charge in [-0.1, -0.05) is 0 Å². The fraction of sp³-hybridized carbons (Fsp3) is 0.917. The van der Waals surface area contributed by atoms with Gasteiger partial charge in [-0.3, -0.25) is 4.79 Å². The summed E-state index contributed by atoms with van der Waals surface area (Å²) in [5.41, 5.74) is -0.339. The quantitative estimate of drug-likeness (QED) is 0.705. The van der Waals surface area contributed by atoms with E-state index in [1.54, 1.807) is 6.92 Å². The Kier molecular flexibility index (Phi) is 5.88. The maximum Gasteiger partial charge on any atom is 0.308 e. The lowest BCUT2D eigenvalue weighted by molar-refractivity contribution is -0.192. The van der Waals surface area contributed by atoms with E-state index in [1.807, 2.05) is 6.92 Å². The number of esters is 1. The molecule has 1 N–H and O–H groups in total. The second kappa shape index (κ2) is 6.93. The van der Waals surface area contributed by atoms with E-state index in [4.69, 9.17) is 19.3 Å². The molecule has 1 aliphatic rings. The van der Waals surface area contributed by atoms with E-state index in [1.165, 1.54) is 0 Å². The van der Waals surface area contributed by atoms with Crippen LogP contribution in [0.25, 0.3) is 0 Å². The fourth-order valence-electron chi connectivity index (χ4n) is 1.80.